The second-order valence-electron chi connectivity index (χ2n) is 5.94. The zero-order chi connectivity index (χ0) is 12.4. The maximum Gasteiger partial charge on any atom is 0.248 e. The van der Waals surface area contributed by atoms with E-state index in [0.717, 1.165) is 0 Å². The summed E-state index contributed by atoms with van der Waals surface area (Å²) in [7, 11) is 0. The van der Waals surface area contributed by atoms with Gasteiger partial charge in [0, 0.05) is 25.3 Å². The molecule has 0 unspecified atom stereocenters. The summed E-state index contributed by atoms with van der Waals surface area (Å²) in [5.74, 6) is -2.55. The van der Waals surface area contributed by atoms with Crippen LogP contribution in [0.15, 0.2) is 0 Å². The van der Waals surface area contributed by atoms with E-state index in [1.807, 2.05) is 20.8 Å². The van der Waals surface area contributed by atoms with Crippen molar-refractivity contribution in [3.63, 3.8) is 0 Å². The van der Waals surface area contributed by atoms with Crippen LogP contribution in [0.2, 0.25) is 0 Å². The average Bonchev–Trinajstić information content (AvgIpc) is 2.05. The molecule has 0 saturated heterocycles. The number of rotatable bonds is 2. The fourth-order valence-corrected chi connectivity index (χ4v) is 1.94. The van der Waals surface area contributed by atoms with Crippen molar-refractivity contribution < 1.29 is 13.6 Å². The standard InChI is InChI=1S/C12H21F2NO/c1-11(2,3)8-10(16)15-9-4-6-12(13,14)7-5-9/h9H,4-8H2,1-3H3,(H,15,16). The first-order valence-electron chi connectivity index (χ1n) is 5.85. The van der Waals surface area contributed by atoms with Crippen molar-refractivity contribution in [1.29, 1.82) is 0 Å². The Morgan fingerprint density at radius 1 is 1.31 bits per heavy atom. The van der Waals surface area contributed by atoms with Crippen LogP contribution in [0.1, 0.15) is 52.9 Å². The third kappa shape index (κ3) is 4.90. The molecule has 1 aliphatic carbocycles. The highest BCUT2D eigenvalue weighted by Crippen LogP contribution is 2.33. The summed E-state index contributed by atoms with van der Waals surface area (Å²) >= 11 is 0. The maximum atomic E-state index is 12.9. The van der Waals surface area contributed by atoms with Crippen LogP contribution >= 0.6 is 0 Å². The lowest BCUT2D eigenvalue weighted by Crippen LogP contribution is -2.41. The van der Waals surface area contributed by atoms with E-state index in [1.54, 1.807) is 0 Å². The van der Waals surface area contributed by atoms with Gasteiger partial charge in [0.2, 0.25) is 11.8 Å². The number of carbonyl (C=O) groups is 1. The third-order valence-electron chi connectivity index (χ3n) is 2.77. The molecule has 0 heterocycles. The highest BCUT2D eigenvalue weighted by Gasteiger charge is 2.35. The van der Waals surface area contributed by atoms with E-state index in [2.05, 4.69) is 5.32 Å². The van der Waals surface area contributed by atoms with Crippen molar-refractivity contribution in [2.45, 2.75) is 64.8 Å². The SMILES string of the molecule is CC(C)(C)CC(=O)NC1CCC(F)(F)CC1. The summed E-state index contributed by atoms with van der Waals surface area (Å²) in [5.41, 5.74) is -0.0529. The number of amides is 1. The fourth-order valence-electron chi connectivity index (χ4n) is 1.94. The number of halogens is 2. The van der Waals surface area contributed by atoms with E-state index in [1.165, 1.54) is 0 Å². The topological polar surface area (TPSA) is 29.1 Å². The van der Waals surface area contributed by atoms with Gasteiger partial charge in [0.1, 0.15) is 0 Å². The Labute approximate surface area is 95.8 Å². The summed E-state index contributed by atoms with van der Waals surface area (Å²) in [5, 5.41) is 2.84. The van der Waals surface area contributed by atoms with Gasteiger partial charge in [-0.1, -0.05) is 20.8 Å². The summed E-state index contributed by atoms with van der Waals surface area (Å²) in [4.78, 5) is 11.6. The largest absolute Gasteiger partial charge is 0.353 e. The molecule has 1 amide bonds. The van der Waals surface area contributed by atoms with Crippen LogP contribution in [0.25, 0.3) is 0 Å². The molecular formula is C12H21F2NO. The molecular weight excluding hydrogens is 212 g/mol. The van der Waals surface area contributed by atoms with Crippen LogP contribution in [0.3, 0.4) is 0 Å². The summed E-state index contributed by atoms with van der Waals surface area (Å²) in [6.07, 6.45) is 1.02. The molecule has 2 nitrogen and oxygen atoms in total. The van der Waals surface area contributed by atoms with Gasteiger partial charge < -0.3 is 5.32 Å². The highest BCUT2D eigenvalue weighted by atomic mass is 19.3. The van der Waals surface area contributed by atoms with Crippen LogP contribution in [-0.2, 0) is 4.79 Å². The minimum absolute atomic E-state index is 0.0253. The minimum atomic E-state index is -2.52. The average molecular weight is 233 g/mol. The predicted octanol–water partition coefficient (Wildman–Crippen LogP) is 3.12. The van der Waals surface area contributed by atoms with E-state index in [9.17, 15) is 13.6 Å². The lowest BCUT2D eigenvalue weighted by atomic mass is 9.90. The molecule has 4 heteroatoms. The first-order valence-corrected chi connectivity index (χ1v) is 5.85. The molecule has 0 atom stereocenters. The van der Waals surface area contributed by atoms with Gasteiger partial charge in [-0.15, -0.1) is 0 Å². The molecule has 1 N–H and O–H groups in total. The lowest BCUT2D eigenvalue weighted by molar-refractivity contribution is -0.124. The van der Waals surface area contributed by atoms with Gasteiger partial charge in [0.15, 0.2) is 0 Å². The maximum absolute atomic E-state index is 12.9. The molecule has 0 aliphatic heterocycles. The molecule has 0 aromatic heterocycles. The minimum Gasteiger partial charge on any atom is -0.353 e. The molecule has 0 aromatic rings. The van der Waals surface area contributed by atoms with E-state index in [4.69, 9.17) is 0 Å². The van der Waals surface area contributed by atoms with Gasteiger partial charge in [-0.25, -0.2) is 8.78 Å². The Morgan fingerprint density at radius 3 is 2.25 bits per heavy atom. The zero-order valence-corrected chi connectivity index (χ0v) is 10.3. The number of alkyl halides is 2. The molecule has 1 aliphatic rings. The van der Waals surface area contributed by atoms with Gasteiger partial charge in [0.05, 0.1) is 0 Å². The lowest BCUT2D eigenvalue weighted by Gasteiger charge is -2.29. The van der Waals surface area contributed by atoms with Crippen molar-refractivity contribution in [3.8, 4) is 0 Å². The van der Waals surface area contributed by atoms with E-state index >= 15 is 0 Å². The Hall–Kier alpha value is -0.670. The second-order valence-corrected chi connectivity index (χ2v) is 5.94. The van der Waals surface area contributed by atoms with Crippen LogP contribution in [0.5, 0.6) is 0 Å². The van der Waals surface area contributed by atoms with E-state index in [-0.39, 0.29) is 30.2 Å². The van der Waals surface area contributed by atoms with Crippen molar-refractivity contribution in [3.05, 3.63) is 0 Å². The van der Waals surface area contributed by atoms with Gasteiger partial charge in [-0.3, -0.25) is 4.79 Å². The number of hydrogen-bond acceptors (Lipinski definition) is 1. The monoisotopic (exact) mass is 233 g/mol. The third-order valence-corrected chi connectivity index (χ3v) is 2.77. The predicted molar refractivity (Wildman–Crippen MR) is 59.4 cm³/mol. The molecule has 0 aromatic carbocycles. The second kappa shape index (κ2) is 4.68. The summed E-state index contributed by atoms with van der Waals surface area (Å²) < 4.78 is 25.7. The summed E-state index contributed by atoms with van der Waals surface area (Å²) in [6.45, 7) is 5.96. The van der Waals surface area contributed by atoms with Crippen molar-refractivity contribution in [2.24, 2.45) is 5.41 Å². The van der Waals surface area contributed by atoms with Gasteiger partial charge in [-0.2, -0.15) is 0 Å². The van der Waals surface area contributed by atoms with Crippen molar-refractivity contribution in [2.75, 3.05) is 0 Å². The smallest absolute Gasteiger partial charge is 0.248 e. The van der Waals surface area contributed by atoms with Crippen molar-refractivity contribution >= 4 is 5.91 Å². The first-order chi connectivity index (χ1) is 7.18. The normalized spacial score (nSPS) is 21.8. The number of nitrogens with one attached hydrogen (secondary N) is 1. The molecule has 0 spiro atoms. The molecule has 0 radical (unpaired) electrons. The molecule has 1 rings (SSSR count). The Morgan fingerprint density at radius 2 is 1.81 bits per heavy atom. The quantitative estimate of drug-likeness (QED) is 0.780. The number of hydrogen-bond donors (Lipinski definition) is 1. The van der Waals surface area contributed by atoms with Crippen LogP contribution < -0.4 is 5.32 Å². The first kappa shape index (κ1) is 13.4. The zero-order valence-electron chi connectivity index (χ0n) is 10.3. The molecule has 16 heavy (non-hydrogen) atoms. The van der Waals surface area contributed by atoms with E-state index < -0.39 is 5.92 Å². The fraction of sp³-hybridized carbons (Fsp3) is 0.917. The molecule has 94 valence electrons. The van der Waals surface area contributed by atoms with Crippen LogP contribution in [-0.4, -0.2) is 17.9 Å². The molecule has 0 bridgehead atoms. The summed E-state index contributed by atoms with van der Waals surface area (Å²) in [6, 6.07) is -0.0607. The van der Waals surface area contributed by atoms with Crippen molar-refractivity contribution in [1.82, 2.24) is 5.32 Å². The van der Waals surface area contributed by atoms with Gasteiger partial charge in [-0.05, 0) is 18.3 Å². The Bertz CT molecular complexity index is 248. The van der Waals surface area contributed by atoms with Crippen LogP contribution in [0.4, 0.5) is 8.78 Å². The highest BCUT2D eigenvalue weighted by molar-refractivity contribution is 5.76. The Balaban J connectivity index is 2.32. The number of carbonyl (C=O) groups excluding carboxylic acids is 1. The molecule has 1 saturated carbocycles. The van der Waals surface area contributed by atoms with Crippen LogP contribution in [0, 0.1) is 5.41 Å². The van der Waals surface area contributed by atoms with E-state index in [0.29, 0.717) is 19.3 Å². The van der Waals surface area contributed by atoms with Gasteiger partial charge in [0.25, 0.3) is 0 Å². The Kier molecular flexibility index (Phi) is 3.92. The molecule has 1 fully saturated rings. The van der Waals surface area contributed by atoms with Gasteiger partial charge >= 0.3 is 0 Å².